The van der Waals surface area contributed by atoms with Crippen molar-refractivity contribution in [3.05, 3.63) is 33.7 Å². The molecule has 1 unspecified atom stereocenters. The molecule has 0 radical (unpaired) electrons. The summed E-state index contributed by atoms with van der Waals surface area (Å²) in [5.41, 5.74) is 0.242. The van der Waals surface area contributed by atoms with Crippen LogP contribution in [-0.4, -0.2) is 41.0 Å². The van der Waals surface area contributed by atoms with Crippen LogP contribution in [0, 0.1) is 5.92 Å². The Hall–Kier alpha value is -1.66. The van der Waals surface area contributed by atoms with E-state index in [1.54, 1.807) is 4.90 Å². The van der Waals surface area contributed by atoms with Crippen LogP contribution >= 0.6 is 11.3 Å². The van der Waals surface area contributed by atoms with E-state index >= 15 is 0 Å². The quantitative estimate of drug-likeness (QED) is 0.675. The van der Waals surface area contributed by atoms with Gasteiger partial charge in [-0.1, -0.05) is 19.9 Å². The number of thiophene rings is 1. The van der Waals surface area contributed by atoms with E-state index in [0.717, 1.165) is 4.88 Å². The summed E-state index contributed by atoms with van der Waals surface area (Å²) in [5.74, 6) is -0.843. The van der Waals surface area contributed by atoms with Crippen LogP contribution < -0.4 is 0 Å². The van der Waals surface area contributed by atoms with Crippen molar-refractivity contribution in [2.45, 2.75) is 52.7 Å². The molecule has 0 spiro atoms. The topological polar surface area (TPSA) is 66.8 Å². The van der Waals surface area contributed by atoms with E-state index in [1.807, 2.05) is 45.2 Å². The van der Waals surface area contributed by atoms with Crippen LogP contribution in [0.15, 0.2) is 28.8 Å². The Bertz CT molecular complexity index is 634. The number of hydrogen-bond donors (Lipinski definition) is 1. The Morgan fingerprint density at radius 1 is 1.36 bits per heavy atom. The van der Waals surface area contributed by atoms with Gasteiger partial charge in [0, 0.05) is 24.4 Å². The number of amides is 1. The zero-order chi connectivity index (χ0) is 18.6. The fourth-order valence-electron chi connectivity index (χ4n) is 2.95. The predicted molar refractivity (Wildman–Crippen MR) is 98.6 cm³/mol. The maximum absolute atomic E-state index is 12.7. The van der Waals surface area contributed by atoms with Gasteiger partial charge >= 0.3 is 0 Å². The molecule has 1 atom stereocenters. The largest absolute Gasteiger partial charge is 0.503 e. The Balaban J connectivity index is 2.22. The van der Waals surface area contributed by atoms with Gasteiger partial charge in [0.05, 0.1) is 17.7 Å². The van der Waals surface area contributed by atoms with Crippen molar-refractivity contribution in [1.82, 2.24) is 4.90 Å². The highest BCUT2D eigenvalue weighted by molar-refractivity contribution is 7.10. The normalized spacial score (nSPS) is 18.1. The zero-order valence-corrected chi connectivity index (χ0v) is 16.1. The molecule has 2 heterocycles. The number of nitrogens with zero attached hydrogens (tertiary/aromatic N) is 1. The highest BCUT2D eigenvalue weighted by Gasteiger charge is 2.43. The van der Waals surface area contributed by atoms with E-state index in [-0.39, 0.29) is 23.4 Å². The lowest BCUT2D eigenvalue weighted by Crippen LogP contribution is -2.32. The van der Waals surface area contributed by atoms with E-state index in [0.29, 0.717) is 26.0 Å². The summed E-state index contributed by atoms with van der Waals surface area (Å²) < 4.78 is 5.54. The second-order valence-electron chi connectivity index (χ2n) is 6.97. The molecule has 0 aliphatic carbocycles. The Labute approximate surface area is 153 Å². The molecule has 1 aromatic rings. The lowest BCUT2D eigenvalue weighted by Gasteiger charge is -2.26. The zero-order valence-electron chi connectivity index (χ0n) is 15.3. The van der Waals surface area contributed by atoms with Gasteiger partial charge in [-0.05, 0) is 37.6 Å². The number of ketones is 1. The molecule has 5 nitrogen and oxygen atoms in total. The number of hydrogen-bond acceptors (Lipinski definition) is 5. The van der Waals surface area contributed by atoms with Crippen LogP contribution in [0.3, 0.4) is 0 Å². The van der Waals surface area contributed by atoms with Gasteiger partial charge in [0.1, 0.15) is 0 Å². The first kappa shape index (κ1) is 19.7. The third kappa shape index (κ3) is 4.70. The number of carbonyl (C=O) groups is 2. The van der Waals surface area contributed by atoms with Gasteiger partial charge in [-0.25, -0.2) is 0 Å². The number of ether oxygens (including phenoxy) is 1. The fourth-order valence-corrected chi connectivity index (χ4v) is 3.79. The lowest BCUT2D eigenvalue weighted by atomic mass is 9.95. The van der Waals surface area contributed by atoms with Crippen molar-refractivity contribution in [3.8, 4) is 0 Å². The maximum Gasteiger partial charge on any atom is 0.290 e. The van der Waals surface area contributed by atoms with Crippen LogP contribution in [0.25, 0.3) is 0 Å². The number of aliphatic hydroxyl groups is 1. The predicted octanol–water partition coefficient (Wildman–Crippen LogP) is 3.87. The molecule has 25 heavy (non-hydrogen) atoms. The van der Waals surface area contributed by atoms with Crippen molar-refractivity contribution in [1.29, 1.82) is 0 Å². The third-order valence-electron chi connectivity index (χ3n) is 4.00. The van der Waals surface area contributed by atoms with Crippen molar-refractivity contribution in [3.63, 3.8) is 0 Å². The van der Waals surface area contributed by atoms with Gasteiger partial charge in [0.25, 0.3) is 5.91 Å². The van der Waals surface area contributed by atoms with E-state index in [1.165, 1.54) is 11.3 Å². The van der Waals surface area contributed by atoms with Crippen molar-refractivity contribution in [2.24, 2.45) is 5.92 Å². The minimum Gasteiger partial charge on any atom is -0.503 e. The number of Topliss-reactive ketones (excluding diaryl/α,β-unsaturated/α-hetero) is 1. The molecule has 1 amide bonds. The minimum absolute atomic E-state index is 0.136. The van der Waals surface area contributed by atoms with Crippen molar-refractivity contribution >= 4 is 23.0 Å². The molecule has 0 fully saturated rings. The Kier molecular flexibility index (Phi) is 6.79. The van der Waals surface area contributed by atoms with E-state index in [2.05, 4.69) is 0 Å². The van der Waals surface area contributed by atoms with Gasteiger partial charge in [0.2, 0.25) is 0 Å². The van der Waals surface area contributed by atoms with E-state index in [4.69, 9.17) is 4.74 Å². The van der Waals surface area contributed by atoms with Crippen LogP contribution in [0.2, 0.25) is 0 Å². The molecule has 2 rings (SSSR count). The highest BCUT2D eigenvalue weighted by atomic mass is 32.1. The fraction of sp³-hybridized carbons (Fsp3) is 0.579. The van der Waals surface area contributed by atoms with E-state index < -0.39 is 17.7 Å². The summed E-state index contributed by atoms with van der Waals surface area (Å²) in [6, 6.07) is 3.31. The molecule has 0 saturated carbocycles. The molecule has 138 valence electrons. The first-order chi connectivity index (χ1) is 11.8. The van der Waals surface area contributed by atoms with E-state index in [9.17, 15) is 14.7 Å². The van der Waals surface area contributed by atoms with Crippen LogP contribution in [0.1, 0.15) is 51.5 Å². The third-order valence-corrected chi connectivity index (χ3v) is 4.93. The molecule has 1 aliphatic rings. The number of carbonyl (C=O) groups excluding carboxylic acids is 2. The number of rotatable bonds is 9. The molecule has 0 aromatic carbocycles. The molecule has 0 bridgehead atoms. The van der Waals surface area contributed by atoms with Crippen LogP contribution in [-0.2, 0) is 14.3 Å². The maximum atomic E-state index is 12.7. The Morgan fingerprint density at radius 2 is 2.08 bits per heavy atom. The van der Waals surface area contributed by atoms with Gasteiger partial charge in [-0.15, -0.1) is 11.3 Å². The Morgan fingerprint density at radius 3 is 2.64 bits per heavy atom. The lowest BCUT2D eigenvalue weighted by molar-refractivity contribution is -0.129. The van der Waals surface area contributed by atoms with Gasteiger partial charge < -0.3 is 14.7 Å². The molecule has 1 aromatic heterocycles. The summed E-state index contributed by atoms with van der Waals surface area (Å²) in [4.78, 5) is 27.7. The second kappa shape index (κ2) is 8.63. The average Bonchev–Trinajstić information content (AvgIpc) is 3.12. The van der Waals surface area contributed by atoms with Crippen molar-refractivity contribution in [2.75, 3.05) is 13.2 Å². The summed E-state index contributed by atoms with van der Waals surface area (Å²) in [6.07, 6.45) is 1.11. The summed E-state index contributed by atoms with van der Waals surface area (Å²) in [5, 5.41) is 12.3. The molecule has 0 saturated heterocycles. The SMILES string of the molecule is CC(C)CC(=O)C1=C(O)C(=O)N(CCCOC(C)C)C1c1cccs1. The summed E-state index contributed by atoms with van der Waals surface area (Å²) in [6.45, 7) is 8.81. The highest BCUT2D eigenvalue weighted by Crippen LogP contribution is 2.40. The summed E-state index contributed by atoms with van der Waals surface area (Å²) in [7, 11) is 0. The first-order valence-corrected chi connectivity index (χ1v) is 9.63. The van der Waals surface area contributed by atoms with Crippen molar-refractivity contribution < 1.29 is 19.4 Å². The standard InChI is InChI=1S/C19H27NO4S/c1-12(2)11-14(21)16-17(15-7-5-10-25-15)20(19(23)18(16)22)8-6-9-24-13(3)4/h5,7,10,12-13,17,22H,6,8-9,11H2,1-4H3. The van der Waals surface area contributed by atoms with Gasteiger partial charge in [-0.3, -0.25) is 9.59 Å². The van der Waals surface area contributed by atoms with Gasteiger partial charge in [0.15, 0.2) is 11.5 Å². The van der Waals surface area contributed by atoms with Crippen LogP contribution in [0.5, 0.6) is 0 Å². The second-order valence-corrected chi connectivity index (χ2v) is 7.95. The summed E-state index contributed by atoms with van der Waals surface area (Å²) >= 11 is 1.49. The molecule has 1 aliphatic heterocycles. The smallest absolute Gasteiger partial charge is 0.290 e. The average molecular weight is 365 g/mol. The molecular formula is C19H27NO4S. The molecule has 6 heteroatoms. The molecular weight excluding hydrogens is 338 g/mol. The molecule has 1 N–H and O–H groups in total. The first-order valence-electron chi connectivity index (χ1n) is 8.75. The monoisotopic (exact) mass is 365 g/mol. The van der Waals surface area contributed by atoms with Gasteiger partial charge in [-0.2, -0.15) is 0 Å². The minimum atomic E-state index is -0.488. The number of aliphatic hydroxyl groups excluding tert-OH is 1. The van der Waals surface area contributed by atoms with Crippen LogP contribution in [0.4, 0.5) is 0 Å².